The Morgan fingerprint density at radius 1 is 1.47 bits per heavy atom. The van der Waals surface area contributed by atoms with Crippen molar-refractivity contribution in [2.24, 2.45) is 0 Å². The summed E-state index contributed by atoms with van der Waals surface area (Å²) >= 11 is 3.42. The first-order valence-electron chi connectivity index (χ1n) is 5.46. The first-order chi connectivity index (χ1) is 8.02. The van der Waals surface area contributed by atoms with Gasteiger partial charge in [0.25, 0.3) is 0 Å². The quantitative estimate of drug-likeness (QED) is 0.817. The molecular formula is C13H16BrNO2. The van der Waals surface area contributed by atoms with Crippen LogP contribution in [0, 0.1) is 6.92 Å². The van der Waals surface area contributed by atoms with Crippen LogP contribution in [-0.4, -0.2) is 17.6 Å². The van der Waals surface area contributed by atoms with Crippen molar-refractivity contribution < 1.29 is 9.90 Å². The average Bonchev–Trinajstić information content (AvgIpc) is 2.22. The third kappa shape index (κ3) is 4.61. The fraction of sp³-hybridized carbons (Fsp3) is 0.308. The third-order valence-corrected chi connectivity index (χ3v) is 2.81. The lowest BCUT2D eigenvalue weighted by Crippen LogP contribution is -2.04. The van der Waals surface area contributed by atoms with Gasteiger partial charge in [-0.25, -0.2) is 4.79 Å². The van der Waals surface area contributed by atoms with E-state index in [1.165, 1.54) is 0 Å². The van der Waals surface area contributed by atoms with E-state index in [2.05, 4.69) is 21.2 Å². The van der Waals surface area contributed by atoms with Crippen LogP contribution in [-0.2, 0) is 4.79 Å². The summed E-state index contributed by atoms with van der Waals surface area (Å²) in [6.45, 7) is 4.37. The molecule has 0 unspecified atom stereocenters. The van der Waals surface area contributed by atoms with Crippen molar-refractivity contribution >= 4 is 27.6 Å². The predicted molar refractivity (Wildman–Crippen MR) is 73.4 cm³/mol. The van der Waals surface area contributed by atoms with Gasteiger partial charge in [0.05, 0.1) is 0 Å². The summed E-state index contributed by atoms with van der Waals surface area (Å²) in [6.07, 6.45) is 2.24. The van der Waals surface area contributed by atoms with Gasteiger partial charge in [0.2, 0.25) is 0 Å². The van der Waals surface area contributed by atoms with Crippen molar-refractivity contribution in [3.05, 3.63) is 39.9 Å². The summed E-state index contributed by atoms with van der Waals surface area (Å²) in [5, 5.41) is 12.0. The number of carboxylic acid groups (broad SMARTS) is 1. The molecule has 0 spiro atoms. The van der Waals surface area contributed by atoms with Gasteiger partial charge in [0.15, 0.2) is 0 Å². The van der Waals surface area contributed by atoms with Gasteiger partial charge in [-0.1, -0.05) is 28.9 Å². The summed E-state index contributed by atoms with van der Waals surface area (Å²) in [4.78, 5) is 10.8. The molecule has 0 radical (unpaired) electrons. The molecule has 3 nitrogen and oxygen atoms in total. The van der Waals surface area contributed by atoms with Crippen LogP contribution in [0.1, 0.15) is 18.9 Å². The number of nitrogens with one attached hydrogen (secondary N) is 1. The molecule has 0 aliphatic rings. The number of aryl methyl sites for hydroxylation is 1. The maximum absolute atomic E-state index is 10.8. The first-order valence-corrected chi connectivity index (χ1v) is 6.25. The highest BCUT2D eigenvalue weighted by Gasteiger charge is 2.02. The number of benzene rings is 1. The van der Waals surface area contributed by atoms with Gasteiger partial charge in [-0.3, -0.25) is 0 Å². The summed E-state index contributed by atoms with van der Waals surface area (Å²) in [5.74, 6) is -0.847. The van der Waals surface area contributed by atoms with Crippen molar-refractivity contribution in [2.45, 2.75) is 20.3 Å². The number of halogens is 1. The normalized spacial score (nSPS) is 11.4. The molecule has 1 aromatic carbocycles. The lowest BCUT2D eigenvalue weighted by molar-refractivity contribution is -0.132. The maximum Gasteiger partial charge on any atom is 0.331 e. The standard InChI is InChI=1S/C13H16BrNO2/c1-3-10(13(16)17)4-5-15-12-7-9(2)6-11(14)8-12/h4,6-8,15H,3,5H2,1-2H3,(H,16,17)/b10-4-. The first kappa shape index (κ1) is 13.8. The molecule has 0 aliphatic carbocycles. The van der Waals surface area contributed by atoms with Crippen molar-refractivity contribution in [3.8, 4) is 0 Å². The van der Waals surface area contributed by atoms with E-state index in [-0.39, 0.29) is 0 Å². The highest BCUT2D eigenvalue weighted by molar-refractivity contribution is 9.10. The molecule has 0 saturated carbocycles. The second kappa shape index (κ2) is 6.45. The van der Waals surface area contributed by atoms with E-state index in [0.717, 1.165) is 15.7 Å². The molecular weight excluding hydrogens is 282 g/mol. The Kier molecular flexibility index (Phi) is 5.22. The summed E-state index contributed by atoms with van der Waals surface area (Å²) in [5.41, 5.74) is 2.57. The molecule has 0 saturated heterocycles. The van der Waals surface area contributed by atoms with Crippen LogP contribution in [0.4, 0.5) is 5.69 Å². The van der Waals surface area contributed by atoms with Crippen LogP contribution in [0.5, 0.6) is 0 Å². The van der Waals surface area contributed by atoms with E-state index in [1.54, 1.807) is 6.08 Å². The zero-order valence-corrected chi connectivity index (χ0v) is 11.5. The largest absolute Gasteiger partial charge is 0.478 e. The Bertz CT molecular complexity index is 421. The molecule has 2 N–H and O–H groups in total. The van der Waals surface area contributed by atoms with Crippen molar-refractivity contribution in [1.29, 1.82) is 0 Å². The molecule has 1 aromatic rings. The number of aliphatic carboxylic acids is 1. The molecule has 1 rings (SSSR count). The molecule has 0 aliphatic heterocycles. The number of rotatable bonds is 5. The van der Waals surface area contributed by atoms with E-state index in [4.69, 9.17) is 5.11 Å². The van der Waals surface area contributed by atoms with Gasteiger partial charge < -0.3 is 10.4 Å². The summed E-state index contributed by atoms with van der Waals surface area (Å²) < 4.78 is 1.01. The van der Waals surface area contributed by atoms with Crippen molar-refractivity contribution in [1.82, 2.24) is 0 Å². The Morgan fingerprint density at radius 2 is 2.18 bits per heavy atom. The molecule has 0 fully saturated rings. The van der Waals surface area contributed by atoms with E-state index in [9.17, 15) is 4.79 Å². The topological polar surface area (TPSA) is 49.3 Å². The number of carbonyl (C=O) groups is 1. The second-order valence-electron chi connectivity index (χ2n) is 3.79. The third-order valence-electron chi connectivity index (χ3n) is 2.35. The SMILES string of the molecule is CC/C(=C/CNc1cc(C)cc(Br)c1)C(=O)O. The van der Waals surface area contributed by atoms with Crippen LogP contribution in [0.25, 0.3) is 0 Å². The second-order valence-corrected chi connectivity index (χ2v) is 4.70. The zero-order valence-electron chi connectivity index (χ0n) is 9.96. The lowest BCUT2D eigenvalue weighted by atomic mass is 10.2. The van der Waals surface area contributed by atoms with E-state index in [1.807, 2.05) is 32.0 Å². The molecule has 17 heavy (non-hydrogen) atoms. The Labute approximate surface area is 110 Å². The van der Waals surface area contributed by atoms with Gasteiger partial charge in [-0.05, 0) is 37.1 Å². The fourth-order valence-electron chi connectivity index (χ4n) is 1.51. The van der Waals surface area contributed by atoms with E-state index in [0.29, 0.717) is 18.5 Å². The lowest BCUT2D eigenvalue weighted by Gasteiger charge is -2.06. The minimum atomic E-state index is -0.847. The van der Waals surface area contributed by atoms with Crippen molar-refractivity contribution in [2.75, 3.05) is 11.9 Å². The predicted octanol–water partition coefficient (Wildman–Crippen LogP) is 3.59. The average molecular weight is 298 g/mol. The Balaban J connectivity index is 2.64. The molecule has 0 atom stereocenters. The van der Waals surface area contributed by atoms with Crippen LogP contribution in [0.3, 0.4) is 0 Å². The van der Waals surface area contributed by atoms with Gasteiger partial charge in [-0.15, -0.1) is 0 Å². The van der Waals surface area contributed by atoms with Crippen LogP contribution < -0.4 is 5.32 Å². The monoisotopic (exact) mass is 297 g/mol. The van der Waals surface area contributed by atoms with E-state index < -0.39 is 5.97 Å². The summed E-state index contributed by atoms with van der Waals surface area (Å²) in [6, 6.07) is 6.01. The van der Waals surface area contributed by atoms with Crippen LogP contribution >= 0.6 is 15.9 Å². The minimum Gasteiger partial charge on any atom is -0.478 e. The zero-order chi connectivity index (χ0) is 12.8. The van der Waals surface area contributed by atoms with Gasteiger partial charge in [0.1, 0.15) is 0 Å². The van der Waals surface area contributed by atoms with Gasteiger partial charge >= 0.3 is 5.97 Å². The molecule has 0 bridgehead atoms. The molecule has 0 aromatic heterocycles. The van der Waals surface area contributed by atoms with Crippen LogP contribution in [0.2, 0.25) is 0 Å². The molecule has 0 amide bonds. The number of carboxylic acids is 1. The number of hydrogen-bond donors (Lipinski definition) is 2. The van der Waals surface area contributed by atoms with Gasteiger partial charge in [0, 0.05) is 22.3 Å². The Morgan fingerprint density at radius 3 is 2.71 bits per heavy atom. The molecule has 0 heterocycles. The number of hydrogen-bond acceptors (Lipinski definition) is 2. The highest BCUT2D eigenvalue weighted by atomic mass is 79.9. The Hall–Kier alpha value is -1.29. The smallest absolute Gasteiger partial charge is 0.331 e. The van der Waals surface area contributed by atoms with Gasteiger partial charge in [-0.2, -0.15) is 0 Å². The number of anilines is 1. The molecule has 4 heteroatoms. The van der Waals surface area contributed by atoms with Crippen LogP contribution in [0.15, 0.2) is 34.3 Å². The van der Waals surface area contributed by atoms with Crippen molar-refractivity contribution in [3.63, 3.8) is 0 Å². The van der Waals surface area contributed by atoms with E-state index >= 15 is 0 Å². The fourth-order valence-corrected chi connectivity index (χ4v) is 2.12. The molecule has 92 valence electrons. The minimum absolute atomic E-state index is 0.434. The highest BCUT2D eigenvalue weighted by Crippen LogP contribution is 2.18. The maximum atomic E-state index is 10.8. The summed E-state index contributed by atoms with van der Waals surface area (Å²) in [7, 11) is 0.